The van der Waals surface area contributed by atoms with Crippen LogP contribution in [0, 0.1) is 0 Å². The summed E-state index contributed by atoms with van der Waals surface area (Å²) in [4.78, 5) is 83.0. The van der Waals surface area contributed by atoms with Gasteiger partial charge in [-0.15, -0.1) is 0 Å². The van der Waals surface area contributed by atoms with Gasteiger partial charge in [0.15, 0.2) is 0 Å². The minimum atomic E-state index is -3.53. The number of rotatable bonds is 31. The Morgan fingerprint density at radius 3 is 1.90 bits per heavy atom. The molecule has 1 aliphatic heterocycles. The van der Waals surface area contributed by atoms with Crippen LogP contribution in [0.4, 0.5) is 16.2 Å². The third-order valence-corrected chi connectivity index (χ3v) is 10.8. The molecule has 3 aromatic rings. The highest BCUT2D eigenvalue weighted by molar-refractivity contribution is 8.38. The van der Waals surface area contributed by atoms with Gasteiger partial charge in [0.1, 0.15) is 18.5 Å². The van der Waals surface area contributed by atoms with E-state index in [9.17, 15) is 19.2 Å². The fourth-order valence-electron chi connectivity index (χ4n) is 6.45. The molecule has 13 N–H and O–H groups in total. The zero-order valence-corrected chi connectivity index (χ0v) is 48.9. The van der Waals surface area contributed by atoms with Crippen molar-refractivity contribution in [1.82, 2.24) is 15.6 Å². The number of aliphatic hydroxyl groups is 1. The number of likely N-dealkylation sites (N-methyl/N-ethyl adjacent to an activating group) is 1. The minimum absolute atomic E-state index is 0.104. The quantitative estimate of drug-likeness (QED) is 0.00942. The summed E-state index contributed by atoms with van der Waals surface area (Å²) < 4.78 is 35.4. The number of nitrogens with two attached hydrogens (primary N) is 3. The molecule has 0 saturated carbocycles. The lowest BCUT2D eigenvalue weighted by Gasteiger charge is -2.28. The van der Waals surface area contributed by atoms with Gasteiger partial charge in [0.25, 0.3) is 0 Å². The lowest BCUT2D eigenvalue weighted by Crippen LogP contribution is -2.32. The number of urea groups is 1. The van der Waals surface area contributed by atoms with Crippen LogP contribution in [-0.2, 0) is 72.1 Å². The molecule has 5 amide bonds. The maximum atomic E-state index is 13.2. The first kappa shape index (κ1) is 75.3. The van der Waals surface area contributed by atoms with E-state index in [0.29, 0.717) is 90.3 Å². The number of carbonyl (C=O) groups excluding carboxylic acids is 5. The van der Waals surface area contributed by atoms with E-state index in [0.717, 1.165) is 79.9 Å². The second-order valence-corrected chi connectivity index (χ2v) is 20.1. The number of amides is 5. The summed E-state index contributed by atoms with van der Waals surface area (Å²) in [5.74, 6) is 5.46. The van der Waals surface area contributed by atoms with Crippen molar-refractivity contribution in [3.8, 4) is 0 Å². The lowest BCUT2D eigenvalue weighted by atomic mass is 9.98. The number of unbranched alkanes of at least 4 members (excludes halogenated alkanes) is 5. The number of anilines is 2. The molecule has 3 aromatic carbocycles. The van der Waals surface area contributed by atoms with Crippen molar-refractivity contribution in [2.45, 2.75) is 84.7 Å². The Hall–Kier alpha value is -4.79. The molecule has 0 spiro atoms. The molecule has 78 heavy (non-hydrogen) atoms. The number of aliphatic hydroxyl groups excluding tert-OH is 1. The maximum Gasteiger partial charge on any atom is 0.579 e. The van der Waals surface area contributed by atoms with Gasteiger partial charge in [-0.05, 0) is 70.2 Å². The molecule has 1 atom stereocenters. The molecule has 0 fully saturated rings. The molecule has 0 bridgehead atoms. The number of aldehydes is 1. The van der Waals surface area contributed by atoms with E-state index >= 15 is 0 Å². The Bertz CT molecular complexity index is 2160. The normalized spacial score (nSPS) is 12.0. The maximum absolute atomic E-state index is 13.2. The van der Waals surface area contributed by atoms with Crippen molar-refractivity contribution in [1.29, 1.82) is 0 Å². The highest BCUT2D eigenvalue weighted by Gasteiger charge is 2.22. The molecule has 440 valence electrons. The van der Waals surface area contributed by atoms with Gasteiger partial charge in [0.2, 0.25) is 18.2 Å². The van der Waals surface area contributed by atoms with Gasteiger partial charge in [0.05, 0.1) is 71.7 Å². The van der Waals surface area contributed by atoms with Crippen LogP contribution in [0.25, 0.3) is 11.8 Å². The van der Waals surface area contributed by atoms with Gasteiger partial charge in [-0.2, -0.15) is 4.89 Å². The van der Waals surface area contributed by atoms with Crippen molar-refractivity contribution in [2.75, 3.05) is 96.9 Å². The highest BCUT2D eigenvalue weighted by atomic mass is 32.7. The zero-order valence-electron chi connectivity index (χ0n) is 45.4. The third-order valence-electron chi connectivity index (χ3n) is 9.97. The average Bonchev–Trinajstić information content (AvgIpc) is 3.41. The first-order valence-electron chi connectivity index (χ1n) is 25.2. The molecule has 1 heterocycles. The summed E-state index contributed by atoms with van der Waals surface area (Å²) in [5.41, 5.74) is 16.6. The van der Waals surface area contributed by atoms with Crippen LogP contribution in [0.3, 0.4) is 0 Å². The van der Waals surface area contributed by atoms with Crippen LogP contribution in [-0.4, -0.2) is 142 Å². The number of fused-ring (bicyclic) bond motifs is 2. The number of carbonyl (C=O) groups is 5. The van der Waals surface area contributed by atoms with Crippen molar-refractivity contribution < 1.29 is 71.8 Å². The van der Waals surface area contributed by atoms with E-state index in [1.54, 1.807) is 24.2 Å². The topological polar surface area (TPSA) is 350 Å². The number of benzene rings is 3. The first-order chi connectivity index (χ1) is 37.5. The largest absolute Gasteiger partial charge is 0.579 e. The summed E-state index contributed by atoms with van der Waals surface area (Å²) in [6, 6.07) is 22.6. The number of hydrogen-bond acceptors (Lipinski definition) is 16. The van der Waals surface area contributed by atoms with E-state index in [4.69, 9.17) is 64.2 Å². The number of nitrogens with zero attached hydrogens (tertiary/aromatic N) is 2. The minimum Gasteiger partial charge on any atom is -0.400 e. The van der Waals surface area contributed by atoms with E-state index in [2.05, 4.69) is 45.7 Å². The van der Waals surface area contributed by atoms with Crippen LogP contribution < -0.4 is 38.2 Å². The molecule has 0 radical (unpaired) electrons. The van der Waals surface area contributed by atoms with Gasteiger partial charge >= 0.3 is 20.0 Å². The van der Waals surface area contributed by atoms with Crippen molar-refractivity contribution in [2.24, 2.45) is 17.3 Å². The zero-order chi connectivity index (χ0) is 58.8. The molecule has 0 aromatic heterocycles. The predicted octanol–water partition coefficient (Wildman–Crippen LogP) is 5.52. The van der Waals surface area contributed by atoms with Gasteiger partial charge in [-0.3, -0.25) is 20.2 Å². The van der Waals surface area contributed by atoms with Crippen LogP contribution in [0.5, 0.6) is 0 Å². The number of thiol groups is 1. The molecule has 27 heteroatoms. The number of ether oxygens (including phenoxy) is 4. The Kier molecular flexibility index (Phi) is 48.7. The van der Waals surface area contributed by atoms with Crippen molar-refractivity contribution in [3.63, 3.8) is 0 Å². The van der Waals surface area contributed by atoms with Crippen LogP contribution in [0.2, 0.25) is 0 Å². The molecular formula is C51H85N8O15P2S2+. The molecule has 0 saturated heterocycles. The Morgan fingerprint density at radius 1 is 0.795 bits per heavy atom. The second-order valence-electron chi connectivity index (χ2n) is 15.9. The molecule has 4 rings (SSSR count). The van der Waals surface area contributed by atoms with E-state index in [1.165, 1.54) is 0 Å². The van der Waals surface area contributed by atoms with Crippen molar-refractivity contribution >= 4 is 91.7 Å². The SMILES string of the molecule is CC.CN(N)CCOCCOCCOCCOCCC(=O)NCc1ccc(NC(=O)NCCC=O)cc1.CO.N/C1=C/c2ccccc2CN(C(=O)CCCCCCCCOP(O)(O)=S)c2ccccc21.NC=O.O=[P+](O)S. The molecule has 0 aliphatic carbocycles. The lowest BCUT2D eigenvalue weighted by molar-refractivity contribution is -0.122. The fraction of sp³-hybridized carbons (Fsp3) is 0.510. The molecular weight excluding hydrogens is 1090 g/mol. The highest BCUT2D eigenvalue weighted by Crippen LogP contribution is 2.36. The third kappa shape index (κ3) is 42.2. The van der Waals surface area contributed by atoms with Gasteiger partial charge in [-0.1, -0.05) is 94.1 Å². The van der Waals surface area contributed by atoms with E-state index in [1.807, 2.05) is 85.5 Å². The summed E-state index contributed by atoms with van der Waals surface area (Å²) in [6.07, 6.45) is 9.51. The standard InChI is InChI=1S/C24H31N2O4PS.C23H39N5O7.C2H6.CH3NO.CH4O.HO2PS/c25-22-17-19-11-6-7-12-20(19)18-26(23-14-9-8-13-21(22)23)24(27)15-5-3-1-2-4-10-16-30-31(28,29)32;1-28(24)9-12-33-14-16-35-18-17-34-15-13-32-11-7-22(30)26-19-20-3-5-21(6-4-20)27-23(31)25-8-2-10-29;1-2;2-1-3;1-2;1-3(2)4/h6-9,11-14,17H,1-5,10,15-16,18,25H2,(H2,28,29,32);3-6,10H,2,7-9,11-19,24H2,1H3,(H,26,30)(H2,25,27,31);1-2H3;1H,(H2,2,3);2H,1H3;(H-,1,2,4)/p+1/b22-17+;;;;;. The van der Waals surface area contributed by atoms with Gasteiger partial charge in [-0.25, -0.2) is 9.80 Å². The predicted molar refractivity (Wildman–Crippen MR) is 312 cm³/mol. The number of primary amides is 1. The number of hydrazine groups is 1. The number of nitrogens with one attached hydrogen (secondary N) is 3. The molecule has 1 aliphatic rings. The monoisotopic (exact) mass is 1180 g/mol. The van der Waals surface area contributed by atoms with Gasteiger partial charge in [0, 0.05) is 70.0 Å². The average molecular weight is 1180 g/mol. The first-order valence-corrected chi connectivity index (χ1v) is 30.2. The Labute approximate surface area is 471 Å². The molecule has 23 nitrogen and oxygen atoms in total. The summed E-state index contributed by atoms with van der Waals surface area (Å²) in [7, 11) is 0.605. The second kappa shape index (κ2) is 50.4. The molecule has 1 unspecified atom stereocenters. The van der Waals surface area contributed by atoms with E-state index in [-0.39, 0.29) is 50.2 Å². The Morgan fingerprint density at radius 2 is 1.32 bits per heavy atom. The van der Waals surface area contributed by atoms with Crippen LogP contribution in [0.1, 0.15) is 93.9 Å². The van der Waals surface area contributed by atoms with E-state index < -0.39 is 13.9 Å². The summed E-state index contributed by atoms with van der Waals surface area (Å²) in [5, 5.41) is 16.6. The van der Waals surface area contributed by atoms with Gasteiger partial charge < -0.3 is 75.5 Å². The summed E-state index contributed by atoms with van der Waals surface area (Å²) in [6.45, 7) is 6.29. The smallest absolute Gasteiger partial charge is 0.400 e. The van der Waals surface area contributed by atoms with Crippen LogP contribution in [0.15, 0.2) is 72.8 Å². The number of para-hydroxylation sites is 1. The number of hydrogen-bond donors (Lipinski definition) is 11. The Balaban J connectivity index is 0. The summed E-state index contributed by atoms with van der Waals surface area (Å²) >= 11 is 7.45. The van der Waals surface area contributed by atoms with Crippen LogP contribution >= 0.6 is 26.2 Å². The fourth-order valence-corrected chi connectivity index (χ4v) is 7.04. The van der Waals surface area contributed by atoms with Crippen molar-refractivity contribution in [3.05, 3.63) is 95.1 Å².